The topological polar surface area (TPSA) is 40.7 Å². The van der Waals surface area contributed by atoms with Gasteiger partial charge in [-0.25, -0.2) is 4.98 Å². The summed E-state index contributed by atoms with van der Waals surface area (Å²) in [6.45, 7) is 15.1. The van der Waals surface area contributed by atoms with Gasteiger partial charge >= 0.3 is 0 Å². The molecule has 2 aromatic rings. The van der Waals surface area contributed by atoms with Crippen LogP contribution in [-0.4, -0.2) is 22.6 Å². The van der Waals surface area contributed by atoms with E-state index in [4.69, 9.17) is 4.98 Å². The van der Waals surface area contributed by atoms with Crippen molar-refractivity contribution in [2.24, 2.45) is 5.41 Å². The second-order valence-corrected chi connectivity index (χ2v) is 9.38. The molecule has 1 aliphatic heterocycles. The number of hydrogen-bond acceptors (Lipinski definition) is 2. The summed E-state index contributed by atoms with van der Waals surface area (Å²) in [5, 5.41) is 3.76. The SMILES string of the molecule is CC(C)(C)c1nc2cc3c(cc2[nH]1)C[C@H]1NCC[C@]3(C)C1(C)C. The number of H-pyrrole nitrogens is 1. The summed E-state index contributed by atoms with van der Waals surface area (Å²) in [6, 6.07) is 5.30. The third-order valence-electron chi connectivity index (χ3n) is 6.74. The van der Waals surface area contributed by atoms with Gasteiger partial charge in [-0.15, -0.1) is 0 Å². The maximum Gasteiger partial charge on any atom is 0.112 e. The van der Waals surface area contributed by atoms with E-state index < -0.39 is 0 Å². The summed E-state index contributed by atoms with van der Waals surface area (Å²) in [5.41, 5.74) is 5.90. The Morgan fingerprint density at radius 3 is 2.61 bits per heavy atom. The van der Waals surface area contributed by atoms with E-state index in [0.29, 0.717) is 6.04 Å². The lowest BCUT2D eigenvalue weighted by Crippen LogP contribution is -2.62. The summed E-state index contributed by atoms with van der Waals surface area (Å²) in [7, 11) is 0. The molecule has 3 heteroatoms. The van der Waals surface area contributed by atoms with Crippen molar-refractivity contribution in [1.82, 2.24) is 15.3 Å². The van der Waals surface area contributed by atoms with Crippen LogP contribution in [0.1, 0.15) is 64.9 Å². The standard InChI is InChI=1S/C20H29N3/c1-18(2,3)17-22-14-9-12-10-16-19(4,5)20(6,7-8-21-16)13(12)11-15(14)23-17/h9,11,16,21H,7-8,10H2,1-6H3,(H,22,23)/t16-,20+/m1/s1. The van der Waals surface area contributed by atoms with Crippen LogP contribution in [-0.2, 0) is 17.3 Å². The molecule has 0 saturated carbocycles. The first-order chi connectivity index (χ1) is 10.6. The molecule has 2 bridgehead atoms. The summed E-state index contributed by atoms with van der Waals surface area (Å²) in [4.78, 5) is 8.46. The van der Waals surface area contributed by atoms with Crippen LogP contribution in [0.25, 0.3) is 11.0 Å². The van der Waals surface area contributed by atoms with E-state index in [0.717, 1.165) is 24.3 Å². The molecule has 0 unspecified atom stereocenters. The Balaban J connectivity index is 1.94. The molecule has 2 atom stereocenters. The maximum atomic E-state index is 4.91. The number of hydrogen-bond donors (Lipinski definition) is 2. The molecule has 0 amide bonds. The Labute approximate surface area is 139 Å². The fourth-order valence-corrected chi connectivity index (χ4v) is 4.63. The normalized spacial score (nSPS) is 29.6. The molecular weight excluding hydrogens is 282 g/mol. The van der Waals surface area contributed by atoms with Crippen molar-refractivity contribution in [3.05, 3.63) is 29.1 Å². The van der Waals surface area contributed by atoms with Gasteiger partial charge in [0.25, 0.3) is 0 Å². The predicted molar refractivity (Wildman–Crippen MR) is 96.0 cm³/mol. The zero-order valence-electron chi connectivity index (χ0n) is 15.3. The van der Waals surface area contributed by atoms with Gasteiger partial charge in [0.1, 0.15) is 5.82 Å². The van der Waals surface area contributed by atoms with Crippen molar-refractivity contribution in [2.45, 2.75) is 71.3 Å². The van der Waals surface area contributed by atoms with Gasteiger partial charge in [0, 0.05) is 16.9 Å². The van der Waals surface area contributed by atoms with Gasteiger partial charge in [-0.1, -0.05) is 41.5 Å². The van der Waals surface area contributed by atoms with Crippen molar-refractivity contribution in [3.63, 3.8) is 0 Å². The molecule has 0 spiro atoms. The molecule has 1 aromatic heterocycles. The molecule has 4 rings (SSSR count). The van der Waals surface area contributed by atoms with Crippen LogP contribution in [0, 0.1) is 5.41 Å². The van der Waals surface area contributed by atoms with Crippen molar-refractivity contribution in [1.29, 1.82) is 0 Å². The molecule has 0 radical (unpaired) electrons. The van der Waals surface area contributed by atoms with Crippen LogP contribution >= 0.6 is 0 Å². The molecule has 1 aromatic carbocycles. The van der Waals surface area contributed by atoms with Crippen LogP contribution < -0.4 is 5.32 Å². The van der Waals surface area contributed by atoms with Crippen LogP contribution in [0.5, 0.6) is 0 Å². The molecule has 3 nitrogen and oxygen atoms in total. The predicted octanol–water partition coefficient (Wildman–Crippen LogP) is 4.06. The monoisotopic (exact) mass is 311 g/mol. The van der Waals surface area contributed by atoms with Gasteiger partial charge < -0.3 is 10.3 Å². The van der Waals surface area contributed by atoms with Gasteiger partial charge in [0.15, 0.2) is 0 Å². The summed E-state index contributed by atoms with van der Waals surface area (Å²) in [5.74, 6) is 1.08. The summed E-state index contributed by atoms with van der Waals surface area (Å²) >= 11 is 0. The first kappa shape index (κ1) is 15.2. The average Bonchev–Trinajstić information content (AvgIpc) is 2.84. The molecular formula is C20H29N3. The number of fused-ring (bicyclic) bond motifs is 5. The quantitative estimate of drug-likeness (QED) is 0.770. The first-order valence-electron chi connectivity index (χ1n) is 8.90. The molecule has 2 heterocycles. The van der Waals surface area contributed by atoms with Gasteiger partial charge in [-0.05, 0) is 48.1 Å². The van der Waals surface area contributed by atoms with E-state index in [9.17, 15) is 0 Å². The van der Waals surface area contributed by atoms with Crippen molar-refractivity contribution in [2.75, 3.05) is 6.54 Å². The Morgan fingerprint density at radius 1 is 1.17 bits per heavy atom. The number of nitrogens with one attached hydrogen (secondary N) is 2. The Morgan fingerprint density at radius 2 is 1.91 bits per heavy atom. The Kier molecular flexibility index (Phi) is 2.90. The van der Waals surface area contributed by atoms with E-state index >= 15 is 0 Å². The Bertz CT molecular complexity index is 778. The number of benzene rings is 1. The van der Waals surface area contributed by atoms with Gasteiger partial charge in [-0.2, -0.15) is 0 Å². The van der Waals surface area contributed by atoms with E-state index in [1.807, 2.05) is 0 Å². The van der Waals surface area contributed by atoms with Gasteiger partial charge in [-0.3, -0.25) is 0 Å². The van der Waals surface area contributed by atoms with E-state index in [-0.39, 0.29) is 16.2 Å². The van der Waals surface area contributed by atoms with E-state index in [1.165, 1.54) is 23.1 Å². The number of imidazole rings is 1. The molecule has 124 valence electrons. The molecule has 23 heavy (non-hydrogen) atoms. The second kappa shape index (κ2) is 4.38. The number of piperidine rings is 1. The smallest absolute Gasteiger partial charge is 0.112 e. The second-order valence-electron chi connectivity index (χ2n) is 9.38. The molecule has 1 saturated heterocycles. The van der Waals surface area contributed by atoms with Crippen molar-refractivity contribution >= 4 is 11.0 Å². The van der Waals surface area contributed by atoms with Crippen LogP contribution in [0.2, 0.25) is 0 Å². The fourth-order valence-electron chi connectivity index (χ4n) is 4.63. The third-order valence-corrected chi connectivity index (χ3v) is 6.74. The highest BCUT2D eigenvalue weighted by Crippen LogP contribution is 2.54. The van der Waals surface area contributed by atoms with Crippen LogP contribution in [0.3, 0.4) is 0 Å². The third kappa shape index (κ3) is 1.95. The lowest BCUT2D eigenvalue weighted by Gasteiger charge is -2.57. The minimum absolute atomic E-state index is 0.0557. The molecule has 2 aliphatic rings. The van der Waals surface area contributed by atoms with E-state index in [1.54, 1.807) is 0 Å². The zero-order chi connectivity index (χ0) is 16.6. The fraction of sp³-hybridized carbons (Fsp3) is 0.650. The van der Waals surface area contributed by atoms with Crippen molar-refractivity contribution in [3.8, 4) is 0 Å². The zero-order valence-corrected chi connectivity index (χ0v) is 15.3. The highest BCUT2D eigenvalue weighted by molar-refractivity contribution is 5.78. The average molecular weight is 311 g/mol. The lowest BCUT2D eigenvalue weighted by atomic mass is 9.51. The molecule has 1 aliphatic carbocycles. The van der Waals surface area contributed by atoms with Crippen LogP contribution in [0.4, 0.5) is 0 Å². The maximum absolute atomic E-state index is 4.91. The highest BCUT2D eigenvalue weighted by Gasteiger charge is 2.53. The number of rotatable bonds is 0. The van der Waals surface area contributed by atoms with Crippen LogP contribution in [0.15, 0.2) is 12.1 Å². The lowest BCUT2D eigenvalue weighted by molar-refractivity contribution is 0.0561. The first-order valence-corrected chi connectivity index (χ1v) is 8.90. The molecule has 2 N–H and O–H groups in total. The number of nitrogens with zero attached hydrogens (tertiary/aromatic N) is 1. The molecule has 1 fully saturated rings. The van der Waals surface area contributed by atoms with E-state index in [2.05, 4.69) is 64.0 Å². The number of aromatic nitrogens is 2. The Hall–Kier alpha value is -1.35. The van der Waals surface area contributed by atoms with Crippen molar-refractivity contribution < 1.29 is 0 Å². The van der Waals surface area contributed by atoms with Gasteiger partial charge in [0.2, 0.25) is 0 Å². The van der Waals surface area contributed by atoms with Gasteiger partial charge in [0.05, 0.1) is 11.0 Å². The number of aromatic amines is 1. The summed E-state index contributed by atoms with van der Waals surface area (Å²) in [6.07, 6.45) is 2.32. The summed E-state index contributed by atoms with van der Waals surface area (Å²) < 4.78 is 0. The minimum atomic E-state index is 0.0557. The highest BCUT2D eigenvalue weighted by atomic mass is 15.0. The largest absolute Gasteiger partial charge is 0.342 e. The minimum Gasteiger partial charge on any atom is -0.342 e.